The molecule has 0 radical (unpaired) electrons. The Morgan fingerprint density at radius 3 is 2.91 bits per heavy atom. The van der Waals surface area contributed by atoms with E-state index in [4.69, 9.17) is 0 Å². The number of hydrogen-bond acceptors (Lipinski definition) is 2. The van der Waals surface area contributed by atoms with E-state index in [9.17, 15) is 14.3 Å². The van der Waals surface area contributed by atoms with E-state index >= 15 is 0 Å². The number of nitrogens with one attached hydrogen (secondary N) is 2. The first-order valence-corrected chi connectivity index (χ1v) is 8.27. The summed E-state index contributed by atoms with van der Waals surface area (Å²) in [6.45, 7) is 6.23. The number of rotatable bonds is 5. The monoisotopic (exact) mass is 322 g/mol. The van der Waals surface area contributed by atoms with Crippen LogP contribution in [0.15, 0.2) is 18.2 Å². The minimum absolute atomic E-state index is 0.144. The van der Waals surface area contributed by atoms with Gasteiger partial charge in [0.25, 0.3) is 0 Å². The lowest BCUT2D eigenvalue weighted by Crippen LogP contribution is -2.43. The summed E-state index contributed by atoms with van der Waals surface area (Å²) in [5, 5.41) is 15.3. The summed E-state index contributed by atoms with van der Waals surface area (Å²) in [5.41, 5.74) is 1.81. The second-order valence-electron chi connectivity index (χ2n) is 7.33. The van der Waals surface area contributed by atoms with Crippen LogP contribution < -0.4 is 10.6 Å². The predicted octanol–water partition coefficient (Wildman–Crippen LogP) is 3.30. The van der Waals surface area contributed by atoms with Crippen molar-refractivity contribution in [2.45, 2.75) is 58.6 Å². The maximum Gasteiger partial charge on any atom is 0.315 e. The summed E-state index contributed by atoms with van der Waals surface area (Å²) in [6, 6.07) is 4.42. The quantitative estimate of drug-likeness (QED) is 0.779. The van der Waals surface area contributed by atoms with E-state index in [0.717, 1.165) is 30.4 Å². The van der Waals surface area contributed by atoms with Gasteiger partial charge in [-0.2, -0.15) is 0 Å². The summed E-state index contributed by atoms with van der Waals surface area (Å²) in [7, 11) is 0. The summed E-state index contributed by atoms with van der Waals surface area (Å²) >= 11 is 0. The van der Waals surface area contributed by atoms with Gasteiger partial charge in [-0.3, -0.25) is 0 Å². The molecular weight excluding hydrogens is 295 g/mol. The van der Waals surface area contributed by atoms with Crippen LogP contribution in [0.2, 0.25) is 0 Å². The van der Waals surface area contributed by atoms with E-state index in [1.165, 1.54) is 12.1 Å². The number of halogens is 1. The lowest BCUT2D eigenvalue weighted by atomic mass is 9.87. The maximum absolute atomic E-state index is 13.5. The van der Waals surface area contributed by atoms with Crippen LogP contribution in [-0.4, -0.2) is 23.8 Å². The van der Waals surface area contributed by atoms with Crippen molar-refractivity contribution in [3.8, 4) is 0 Å². The molecule has 1 aromatic rings. The Kier molecular flexibility index (Phi) is 5.63. The average Bonchev–Trinajstić information content (AvgIpc) is 2.45. The lowest BCUT2D eigenvalue weighted by Gasteiger charge is -2.29. The largest absolute Gasteiger partial charge is 0.393 e. The SMILES string of the molecule is CC(O)CC(C)(C)CNC(=O)NC1CCCc2ccc(F)cc21. The van der Waals surface area contributed by atoms with Crippen molar-refractivity contribution >= 4 is 6.03 Å². The molecule has 0 spiro atoms. The second-order valence-corrected chi connectivity index (χ2v) is 7.33. The van der Waals surface area contributed by atoms with E-state index in [0.29, 0.717) is 13.0 Å². The molecule has 2 unspecified atom stereocenters. The molecule has 0 aliphatic heterocycles. The van der Waals surface area contributed by atoms with Gasteiger partial charge in [0.15, 0.2) is 0 Å². The molecular formula is C18H27FN2O2. The van der Waals surface area contributed by atoms with Crippen LogP contribution in [0.3, 0.4) is 0 Å². The van der Waals surface area contributed by atoms with Crippen LogP contribution in [0.25, 0.3) is 0 Å². The molecule has 4 nitrogen and oxygen atoms in total. The Balaban J connectivity index is 1.93. The van der Waals surface area contributed by atoms with Crippen molar-refractivity contribution in [1.29, 1.82) is 0 Å². The van der Waals surface area contributed by atoms with E-state index in [1.807, 2.05) is 19.9 Å². The highest BCUT2D eigenvalue weighted by atomic mass is 19.1. The highest BCUT2D eigenvalue weighted by Gasteiger charge is 2.24. The molecule has 23 heavy (non-hydrogen) atoms. The summed E-state index contributed by atoms with van der Waals surface area (Å²) in [4.78, 5) is 12.2. The fourth-order valence-corrected chi connectivity index (χ4v) is 3.32. The fourth-order valence-electron chi connectivity index (χ4n) is 3.32. The Morgan fingerprint density at radius 2 is 2.22 bits per heavy atom. The molecule has 0 saturated heterocycles. The number of aliphatic hydroxyl groups is 1. The van der Waals surface area contributed by atoms with Gasteiger partial charge in [0, 0.05) is 6.54 Å². The molecule has 1 aromatic carbocycles. The van der Waals surface area contributed by atoms with Gasteiger partial charge >= 0.3 is 6.03 Å². The molecule has 2 rings (SSSR count). The van der Waals surface area contributed by atoms with Gasteiger partial charge in [0.05, 0.1) is 12.1 Å². The third-order valence-electron chi connectivity index (χ3n) is 4.30. The zero-order valence-corrected chi connectivity index (χ0v) is 14.2. The predicted molar refractivity (Wildman–Crippen MR) is 88.7 cm³/mol. The van der Waals surface area contributed by atoms with Crippen molar-refractivity contribution in [2.75, 3.05) is 6.54 Å². The number of benzene rings is 1. The summed E-state index contributed by atoms with van der Waals surface area (Å²) in [5.74, 6) is -0.268. The smallest absolute Gasteiger partial charge is 0.315 e. The number of amides is 2. The second kappa shape index (κ2) is 7.30. The molecule has 2 atom stereocenters. The maximum atomic E-state index is 13.5. The van der Waals surface area contributed by atoms with E-state index in [-0.39, 0.29) is 23.3 Å². The van der Waals surface area contributed by atoms with Crippen LogP contribution in [0, 0.1) is 11.2 Å². The normalized spacial score (nSPS) is 18.9. The molecule has 5 heteroatoms. The topological polar surface area (TPSA) is 61.4 Å². The summed E-state index contributed by atoms with van der Waals surface area (Å²) < 4.78 is 13.5. The van der Waals surface area contributed by atoms with Crippen LogP contribution >= 0.6 is 0 Å². The first kappa shape index (κ1) is 17.7. The van der Waals surface area contributed by atoms with Crippen molar-refractivity contribution in [3.63, 3.8) is 0 Å². The average molecular weight is 322 g/mol. The van der Waals surface area contributed by atoms with E-state index < -0.39 is 6.10 Å². The van der Waals surface area contributed by atoms with E-state index in [1.54, 1.807) is 6.92 Å². The molecule has 2 amide bonds. The number of fused-ring (bicyclic) bond motifs is 1. The van der Waals surface area contributed by atoms with Crippen molar-refractivity contribution < 1.29 is 14.3 Å². The van der Waals surface area contributed by atoms with Crippen molar-refractivity contribution in [1.82, 2.24) is 10.6 Å². The Labute approximate surface area is 137 Å². The zero-order chi connectivity index (χ0) is 17.0. The van der Waals surface area contributed by atoms with Crippen LogP contribution in [-0.2, 0) is 6.42 Å². The molecule has 3 N–H and O–H groups in total. The summed E-state index contributed by atoms with van der Waals surface area (Å²) in [6.07, 6.45) is 2.95. The minimum atomic E-state index is -0.400. The minimum Gasteiger partial charge on any atom is -0.393 e. The molecule has 0 aromatic heterocycles. The standard InChI is InChI=1S/C18H27FN2O2/c1-12(22)10-18(2,3)11-20-17(23)21-16-6-4-5-13-7-8-14(19)9-15(13)16/h7-9,12,16,22H,4-6,10-11H2,1-3H3,(H2,20,21,23). The number of aliphatic hydroxyl groups excluding tert-OH is 1. The molecule has 1 aliphatic carbocycles. The van der Waals surface area contributed by atoms with Gasteiger partial charge in [-0.15, -0.1) is 0 Å². The third kappa shape index (κ3) is 5.20. The Hall–Kier alpha value is -1.62. The fraction of sp³-hybridized carbons (Fsp3) is 0.611. The molecule has 0 bridgehead atoms. The molecule has 1 aliphatic rings. The van der Waals surface area contributed by atoms with Crippen LogP contribution in [0.4, 0.5) is 9.18 Å². The molecule has 0 heterocycles. The van der Waals surface area contributed by atoms with Gasteiger partial charge in [-0.05, 0) is 61.3 Å². The van der Waals surface area contributed by atoms with Gasteiger partial charge in [0.2, 0.25) is 0 Å². The number of carbonyl (C=O) groups is 1. The van der Waals surface area contributed by atoms with Crippen molar-refractivity contribution in [3.05, 3.63) is 35.1 Å². The first-order chi connectivity index (χ1) is 10.8. The lowest BCUT2D eigenvalue weighted by molar-refractivity contribution is 0.128. The molecule has 0 fully saturated rings. The van der Waals surface area contributed by atoms with Gasteiger partial charge < -0.3 is 15.7 Å². The number of carbonyl (C=O) groups excluding carboxylic acids is 1. The van der Waals surface area contributed by atoms with E-state index in [2.05, 4.69) is 10.6 Å². The highest BCUT2D eigenvalue weighted by Crippen LogP contribution is 2.30. The zero-order valence-electron chi connectivity index (χ0n) is 14.2. The van der Waals surface area contributed by atoms with Gasteiger partial charge in [-0.25, -0.2) is 9.18 Å². The van der Waals surface area contributed by atoms with Crippen LogP contribution in [0.5, 0.6) is 0 Å². The van der Waals surface area contributed by atoms with Gasteiger partial charge in [-0.1, -0.05) is 19.9 Å². The highest BCUT2D eigenvalue weighted by molar-refractivity contribution is 5.74. The number of hydrogen-bond donors (Lipinski definition) is 3. The van der Waals surface area contributed by atoms with Crippen molar-refractivity contribution in [2.24, 2.45) is 5.41 Å². The Morgan fingerprint density at radius 1 is 1.48 bits per heavy atom. The molecule has 0 saturated carbocycles. The van der Waals surface area contributed by atoms with Gasteiger partial charge in [0.1, 0.15) is 5.82 Å². The molecule has 128 valence electrons. The number of urea groups is 1. The number of aryl methyl sites for hydroxylation is 1. The Bertz CT molecular complexity index is 558. The van der Waals surface area contributed by atoms with Crippen LogP contribution in [0.1, 0.15) is 57.2 Å². The first-order valence-electron chi connectivity index (χ1n) is 8.27. The third-order valence-corrected chi connectivity index (χ3v) is 4.30.